The van der Waals surface area contributed by atoms with Crippen molar-refractivity contribution in [3.63, 3.8) is 0 Å². The van der Waals surface area contributed by atoms with Gasteiger partial charge in [0, 0.05) is 19.2 Å². The number of nitrogens with zero attached hydrogens (tertiary/aromatic N) is 3. The highest BCUT2D eigenvalue weighted by molar-refractivity contribution is 7.13. The van der Waals surface area contributed by atoms with Gasteiger partial charge < -0.3 is 10.0 Å². The third-order valence-electron chi connectivity index (χ3n) is 2.68. The quantitative estimate of drug-likeness (QED) is 0.821. The van der Waals surface area contributed by atoms with Gasteiger partial charge in [-0.05, 0) is 25.7 Å². The molecule has 0 bridgehead atoms. The minimum Gasteiger partial charge on any atom is -0.396 e. The molecule has 1 unspecified atom stereocenters. The predicted octanol–water partition coefficient (Wildman–Crippen LogP) is 1.28. The van der Waals surface area contributed by atoms with Gasteiger partial charge in [0.15, 0.2) is 0 Å². The fourth-order valence-corrected chi connectivity index (χ4v) is 2.65. The van der Waals surface area contributed by atoms with E-state index in [1.54, 1.807) is 16.8 Å². The SMILES string of the molecule is OCCC1CCCCN1c1nncs1. The molecule has 1 aliphatic rings. The average Bonchev–Trinajstić information content (AvgIpc) is 2.72. The van der Waals surface area contributed by atoms with Crippen molar-refractivity contribution in [2.75, 3.05) is 18.1 Å². The average molecular weight is 213 g/mol. The predicted molar refractivity (Wildman–Crippen MR) is 56.6 cm³/mol. The number of piperidine rings is 1. The number of aromatic nitrogens is 2. The Morgan fingerprint density at radius 1 is 1.57 bits per heavy atom. The standard InChI is InChI=1S/C9H15N3OS/c13-6-4-8-3-1-2-5-12(8)9-11-10-7-14-9/h7-8,13H,1-6H2. The van der Waals surface area contributed by atoms with Gasteiger partial charge in [0.2, 0.25) is 5.13 Å². The fraction of sp³-hybridized carbons (Fsp3) is 0.778. The van der Waals surface area contributed by atoms with Gasteiger partial charge in [-0.2, -0.15) is 0 Å². The molecule has 0 radical (unpaired) electrons. The zero-order valence-electron chi connectivity index (χ0n) is 8.09. The van der Waals surface area contributed by atoms with Crippen molar-refractivity contribution in [1.82, 2.24) is 10.2 Å². The van der Waals surface area contributed by atoms with Crippen molar-refractivity contribution in [3.05, 3.63) is 5.51 Å². The Morgan fingerprint density at radius 3 is 3.21 bits per heavy atom. The van der Waals surface area contributed by atoms with Crippen LogP contribution in [0, 0.1) is 0 Å². The Morgan fingerprint density at radius 2 is 2.50 bits per heavy atom. The minimum absolute atomic E-state index is 0.264. The number of aliphatic hydroxyl groups excluding tert-OH is 1. The highest BCUT2D eigenvalue weighted by Crippen LogP contribution is 2.26. The van der Waals surface area contributed by atoms with Crippen molar-refractivity contribution in [3.8, 4) is 0 Å². The largest absolute Gasteiger partial charge is 0.396 e. The second kappa shape index (κ2) is 4.70. The lowest BCUT2D eigenvalue weighted by molar-refractivity contribution is 0.262. The second-order valence-electron chi connectivity index (χ2n) is 3.58. The molecule has 0 spiro atoms. The van der Waals surface area contributed by atoms with E-state index in [0.717, 1.165) is 18.1 Å². The molecule has 1 atom stereocenters. The highest BCUT2D eigenvalue weighted by Gasteiger charge is 2.23. The summed E-state index contributed by atoms with van der Waals surface area (Å²) in [6.07, 6.45) is 4.50. The molecular formula is C9H15N3OS. The molecule has 1 fully saturated rings. The summed E-state index contributed by atoms with van der Waals surface area (Å²) < 4.78 is 0. The van der Waals surface area contributed by atoms with Crippen LogP contribution in [0.5, 0.6) is 0 Å². The van der Waals surface area contributed by atoms with Gasteiger partial charge in [-0.1, -0.05) is 11.3 Å². The molecule has 2 heterocycles. The molecule has 1 aliphatic heterocycles. The molecular weight excluding hydrogens is 198 g/mol. The van der Waals surface area contributed by atoms with Crippen LogP contribution in [-0.4, -0.2) is 34.5 Å². The van der Waals surface area contributed by atoms with Crippen LogP contribution >= 0.6 is 11.3 Å². The van der Waals surface area contributed by atoms with E-state index in [-0.39, 0.29) is 6.61 Å². The molecule has 14 heavy (non-hydrogen) atoms. The summed E-state index contributed by atoms with van der Waals surface area (Å²) in [4.78, 5) is 2.29. The Balaban J connectivity index is 2.06. The molecule has 0 amide bonds. The van der Waals surface area contributed by atoms with Crippen molar-refractivity contribution >= 4 is 16.5 Å². The van der Waals surface area contributed by atoms with Crippen LogP contribution in [0.1, 0.15) is 25.7 Å². The summed E-state index contributed by atoms with van der Waals surface area (Å²) >= 11 is 1.58. The fourth-order valence-electron chi connectivity index (χ4n) is 1.99. The summed E-state index contributed by atoms with van der Waals surface area (Å²) in [6, 6.07) is 0.460. The van der Waals surface area contributed by atoms with Gasteiger partial charge in [-0.15, -0.1) is 10.2 Å². The molecule has 1 N–H and O–H groups in total. The monoisotopic (exact) mass is 213 g/mol. The number of hydrogen-bond acceptors (Lipinski definition) is 5. The van der Waals surface area contributed by atoms with E-state index in [0.29, 0.717) is 6.04 Å². The van der Waals surface area contributed by atoms with Crippen LogP contribution in [0.25, 0.3) is 0 Å². The molecule has 2 rings (SSSR count). The number of anilines is 1. The lowest BCUT2D eigenvalue weighted by Gasteiger charge is -2.34. The van der Waals surface area contributed by atoms with Crippen LogP contribution in [0.3, 0.4) is 0 Å². The maximum absolute atomic E-state index is 8.97. The molecule has 78 valence electrons. The van der Waals surface area contributed by atoms with Crippen LogP contribution in [-0.2, 0) is 0 Å². The van der Waals surface area contributed by atoms with Crippen LogP contribution in [0.2, 0.25) is 0 Å². The van der Waals surface area contributed by atoms with Gasteiger partial charge in [-0.25, -0.2) is 0 Å². The maximum atomic E-state index is 8.97. The van der Waals surface area contributed by atoms with Gasteiger partial charge in [0.05, 0.1) is 0 Å². The first-order chi connectivity index (χ1) is 6.92. The first-order valence-electron chi connectivity index (χ1n) is 5.05. The Hall–Kier alpha value is -0.680. The Labute approximate surface area is 87.6 Å². The Kier molecular flexibility index (Phi) is 3.31. The van der Waals surface area contributed by atoms with E-state index in [1.807, 2.05) is 0 Å². The summed E-state index contributed by atoms with van der Waals surface area (Å²) in [5, 5.41) is 17.9. The lowest BCUT2D eigenvalue weighted by Crippen LogP contribution is -2.40. The number of aliphatic hydroxyl groups is 1. The Bertz CT molecular complexity index is 263. The van der Waals surface area contributed by atoms with Crippen molar-refractivity contribution in [2.24, 2.45) is 0 Å². The lowest BCUT2D eigenvalue weighted by atomic mass is 10.0. The van der Waals surface area contributed by atoms with E-state index in [9.17, 15) is 0 Å². The van der Waals surface area contributed by atoms with E-state index in [4.69, 9.17) is 5.11 Å². The number of rotatable bonds is 3. The minimum atomic E-state index is 0.264. The third-order valence-corrected chi connectivity index (χ3v) is 3.41. The van der Waals surface area contributed by atoms with Crippen LogP contribution in [0.4, 0.5) is 5.13 Å². The zero-order valence-corrected chi connectivity index (χ0v) is 8.91. The first-order valence-corrected chi connectivity index (χ1v) is 5.93. The van der Waals surface area contributed by atoms with E-state index in [1.165, 1.54) is 19.3 Å². The van der Waals surface area contributed by atoms with Crippen LogP contribution in [0.15, 0.2) is 5.51 Å². The normalized spacial score (nSPS) is 22.6. The first kappa shape index (κ1) is 9.86. The maximum Gasteiger partial charge on any atom is 0.208 e. The number of hydrogen-bond donors (Lipinski definition) is 1. The van der Waals surface area contributed by atoms with Gasteiger partial charge in [-0.3, -0.25) is 0 Å². The topological polar surface area (TPSA) is 49.2 Å². The molecule has 0 aromatic carbocycles. The molecule has 5 heteroatoms. The summed E-state index contributed by atoms with van der Waals surface area (Å²) in [5.74, 6) is 0. The van der Waals surface area contributed by atoms with E-state index >= 15 is 0 Å². The second-order valence-corrected chi connectivity index (χ2v) is 4.39. The third kappa shape index (κ3) is 2.04. The molecule has 0 saturated carbocycles. The van der Waals surface area contributed by atoms with Crippen LogP contribution < -0.4 is 4.90 Å². The summed E-state index contributed by atoms with van der Waals surface area (Å²) in [7, 11) is 0. The van der Waals surface area contributed by atoms with Gasteiger partial charge in [0.1, 0.15) is 5.51 Å². The molecule has 4 nitrogen and oxygen atoms in total. The summed E-state index contributed by atoms with van der Waals surface area (Å²) in [6.45, 7) is 1.32. The van der Waals surface area contributed by atoms with Crippen molar-refractivity contribution in [1.29, 1.82) is 0 Å². The van der Waals surface area contributed by atoms with Crippen molar-refractivity contribution in [2.45, 2.75) is 31.7 Å². The van der Waals surface area contributed by atoms with E-state index in [2.05, 4.69) is 15.1 Å². The molecule has 1 aromatic heterocycles. The summed E-state index contributed by atoms with van der Waals surface area (Å²) in [5.41, 5.74) is 1.76. The molecule has 0 aliphatic carbocycles. The smallest absolute Gasteiger partial charge is 0.208 e. The molecule has 1 aromatic rings. The van der Waals surface area contributed by atoms with Crippen molar-refractivity contribution < 1.29 is 5.11 Å². The van der Waals surface area contributed by atoms with Gasteiger partial charge in [0.25, 0.3) is 0 Å². The van der Waals surface area contributed by atoms with E-state index < -0.39 is 0 Å². The molecule has 1 saturated heterocycles. The zero-order chi connectivity index (χ0) is 9.80. The van der Waals surface area contributed by atoms with Gasteiger partial charge >= 0.3 is 0 Å². The highest BCUT2D eigenvalue weighted by atomic mass is 32.1.